The molecular weight excluding hydrogens is 307 g/mol. The standard InChI is InChI=1S/C12H9BrClFN2/c13-10-6-8(14)5-9(12(10)15)11-7-16-3-1-2-4-17-11/h1-3,5-7,17H,4H2/b2-1+,11-7-,16-3+. The van der Waals surface area contributed by atoms with E-state index in [0.717, 1.165) is 0 Å². The fraction of sp³-hybridized carbons (Fsp3) is 0.0833. The summed E-state index contributed by atoms with van der Waals surface area (Å²) >= 11 is 9.04. The Kier molecular flexibility index (Phi) is 3.97. The maximum Gasteiger partial charge on any atom is 0.146 e. The third-order valence-electron chi connectivity index (χ3n) is 2.21. The van der Waals surface area contributed by atoms with Crippen LogP contribution in [0.25, 0.3) is 5.70 Å². The van der Waals surface area contributed by atoms with E-state index < -0.39 is 0 Å². The monoisotopic (exact) mass is 314 g/mol. The lowest BCUT2D eigenvalue weighted by Crippen LogP contribution is -2.14. The number of nitrogens with one attached hydrogen (secondary N) is 1. The molecule has 0 unspecified atom stereocenters. The molecule has 0 amide bonds. The van der Waals surface area contributed by atoms with E-state index >= 15 is 0 Å². The smallest absolute Gasteiger partial charge is 0.146 e. The number of benzene rings is 1. The van der Waals surface area contributed by atoms with Gasteiger partial charge < -0.3 is 5.32 Å². The first kappa shape index (κ1) is 12.3. The Morgan fingerprint density at radius 2 is 2.24 bits per heavy atom. The Bertz CT molecular complexity index is 523. The third kappa shape index (κ3) is 2.96. The van der Waals surface area contributed by atoms with Crippen molar-refractivity contribution in [2.75, 3.05) is 6.54 Å². The zero-order valence-corrected chi connectivity index (χ0v) is 11.1. The van der Waals surface area contributed by atoms with E-state index in [2.05, 4.69) is 26.2 Å². The molecule has 0 saturated heterocycles. The van der Waals surface area contributed by atoms with Crippen LogP contribution < -0.4 is 5.32 Å². The van der Waals surface area contributed by atoms with Gasteiger partial charge in [-0.1, -0.05) is 17.7 Å². The van der Waals surface area contributed by atoms with E-state index in [1.54, 1.807) is 18.5 Å². The summed E-state index contributed by atoms with van der Waals surface area (Å²) in [6.07, 6.45) is 6.95. The summed E-state index contributed by atoms with van der Waals surface area (Å²) in [6.45, 7) is 0.613. The molecule has 1 heterocycles. The average molecular weight is 316 g/mol. The van der Waals surface area contributed by atoms with Gasteiger partial charge in [-0.25, -0.2) is 4.39 Å². The van der Waals surface area contributed by atoms with Crippen LogP contribution in [0.3, 0.4) is 0 Å². The molecule has 2 nitrogen and oxygen atoms in total. The molecule has 17 heavy (non-hydrogen) atoms. The van der Waals surface area contributed by atoms with Crippen LogP contribution in [-0.4, -0.2) is 12.8 Å². The highest BCUT2D eigenvalue weighted by Crippen LogP contribution is 2.28. The second kappa shape index (κ2) is 5.47. The molecule has 0 saturated carbocycles. The summed E-state index contributed by atoms with van der Waals surface area (Å²) in [6, 6.07) is 3.09. The Balaban J connectivity index is 2.46. The number of nitrogens with zero attached hydrogens (tertiary/aromatic N) is 1. The van der Waals surface area contributed by atoms with Crippen molar-refractivity contribution < 1.29 is 4.39 Å². The van der Waals surface area contributed by atoms with Crippen LogP contribution in [0.4, 0.5) is 4.39 Å². The minimum atomic E-state index is -0.354. The number of allylic oxidation sites excluding steroid dienone is 1. The summed E-state index contributed by atoms with van der Waals surface area (Å²) in [5.41, 5.74) is 1.00. The number of halogens is 3. The molecular formula is C12H9BrClFN2. The van der Waals surface area contributed by atoms with Crippen molar-refractivity contribution in [1.82, 2.24) is 5.32 Å². The van der Waals surface area contributed by atoms with Gasteiger partial charge in [0, 0.05) is 23.3 Å². The number of rotatable bonds is 1. The highest BCUT2D eigenvalue weighted by molar-refractivity contribution is 9.10. The Labute approximate surface area is 112 Å². The fourth-order valence-electron chi connectivity index (χ4n) is 1.43. The zero-order chi connectivity index (χ0) is 12.3. The summed E-state index contributed by atoms with van der Waals surface area (Å²) in [5, 5.41) is 3.54. The molecule has 1 aromatic rings. The normalized spacial score (nSPS) is 21.7. The van der Waals surface area contributed by atoms with Crippen molar-refractivity contribution in [3.63, 3.8) is 0 Å². The maximum absolute atomic E-state index is 13.9. The summed E-state index contributed by atoms with van der Waals surface area (Å²) < 4.78 is 14.3. The van der Waals surface area contributed by atoms with Gasteiger partial charge in [-0.05, 0) is 34.1 Å². The van der Waals surface area contributed by atoms with E-state index in [-0.39, 0.29) is 5.82 Å². The topological polar surface area (TPSA) is 24.4 Å². The lowest BCUT2D eigenvalue weighted by Gasteiger charge is -2.12. The van der Waals surface area contributed by atoms with Crippen molar-refractivity contribution in [1.29, 1.82) is 0 Å². The van der Waals surface area contributed by atoms with E-state index in [1.807, 2.05) is 12.2 Å². The highest BCUT2D eigenvalue weighted by Gasteiger charge is 2.12. The predicted molar refractivity (Wildman–Crippen MR) is 72.7 cm³/mol. The number of hydrogen-bond acceptors (Lipinski definition) is 2. The number of aliphatic imine (C=N–C) groups is 1. The Morgan fingerprint density at radius 1 is 1.41 bits per heavy atom. The molecule has 0 aliphatic carbocycles. The van der Waals surface area contributed by atoms with Crippen molar-refractivity contribution in [3.05, 3.63) is 51.4 Å². The molecule has 1 N–H and O–H groups in total. The lowest BCUT2D eigenvalue weighted by molar-refractivity contribution is 0.615. The van der Waals surface area contributed by atoms with Gasteiger partial charge in [0.05, 0.1) is 16.4 Å². The number of hydrogen-bond donors (Lipinski definition) is 1. The molecule has 0 spiro atoms. The minimum Gasteiger partial charge on any atom is -0.380 e. The molecule has 0 fully saturated rings. The van der Waals surface area contributed by atoms with Crippen molar-refractivity contribution in [2.45, 2.75) is 0 Å². The molecule has 1 aliphatic heterocycles. The Hall–Kier alpha value is -1.13. The van der Waals surface area contributed by atoms with Crippen LogP contribution in [0.1, 0.15) is 5.56 Å². The molecule has 5 heteroatoms. The molecule has 0 atom stereocenters. The maximum atomic E-state index is 13.9. The second-order valence-corrected chi connectivity index (χ2v) is 4.69. The second-order valence-electron chi connectivity index (χ2n) is 3.40. The van der Waals surface area contributed by atoms with Crippen LogP contribution in [0.5, 0.6) is 0 Å². The van der Waals surface area contributed by atoms with E-state index in [9.17, 15) is 4.39 Å². The van der Waals surface area contributed by atoms with Gasteiger partial charge in [0.15, 0.2) is 0 Å². The highest BCUT2D eigenvalue weighted by atomic mass is 79.9. The van der Waals surface area contributed by atoms with Gasteiger partial charge in [-0.15, -0.1) is 0 Å². The molecule has 0 bridgehead atoms. The zero-order valence-electron chi connectivity index (χ0n) is 8.75. The quantitative estimate of drug-likeness (QED) is 0.784. The van der Waals surface area contributed by atoms with Gasteiger partial charge in [0.25, 0.3) is 0 Å². The molecule has 1 aliphatic rings. The van der Waals surface area contributed by atoms with Gasteiger partial charge in [-0.3, -0.25) is 4.99 Å². The van der Waals surface area contributed by atoms with Gasteiger partial charge in [0.2, 0.25) is 0 Å². The fourth-order valence-corrected chi connectivity index (χ4v) is 2.24. The van der Waals surface area contributed by atoms with Crippen LogP contribution in [0, 0.1) is 5.82 Å². The van der Waals surface area contributed by atoms with E-state index in [0.29, 0.717) is 27.3 Å². The van der Waals surface area contributed by atoms with E-state index in [1.165, 1.54) is 6.07 Å². The molecule has 88 valence electrons. The predicted octanol–water partition coefficient (Wildman–Crippen LogP) is 3.77. The van der Waals surface area contributed by atoms with Crippen LogP contribution in [0.15, 0.2) is 39.9 Å². The van der Waals surface area contributed by atoms with E-state index in [4.69, 9.17) is 11.6 Å². The first-order valence-corrected chi connectivity index (χ1v) is 6.13. The van der Waals surface area contributed by atoms with Gasteiger partial charge >= 0.3 is 0 Å². The molecule has 0 aromatic heterocycles. The SMILES string of the molecule is Fc1c(Br)cc(Cl)cc1/C1=C/N=C/C=C/CN1. The molecule has 0 radical (unpaired) electrons. The third-order valence-corrected chi connectivity index (χ3v) is 3.00. The summed E-state index contributed by atoms with van der Waals surface area (Å²) in [4.78, 5) is 4.03. The average Bonchev–Trinajstić information content (AvgIpc) is 2.23. The van der Waals surface area contributed by atoms with Crippen molar-refractivity contribution in [3.8, 4) is 0 Å². The van der Waals surface area contributed by atoms with Crippen LogP contribution >= 0.6 is 27.5 Å². The van der Waals surface area contributed by atoms with Crippen LogP contribution in [-0.2, 0) is 0 Å². The first-order chi connectivity index (χ1) is 8.18. The molecule has 2 rings (SSSR count). The summed E-state index contributed by atoms with van der Waals surface area (Å²) in [5.74, 6) is -0.354. The van der Waals surface area contributed by atoms with Crippen molar-refractivity contribution in [2.24, 2.45) is 4.99 Å². The lowest BCUT2D eigenvalue weighted by atomic mass is 10.1. The van der Waals surface area contributed by atoms with Gasteiger partial charge in [0.1, 0.15) is 5.82 Å². The molecule has 1 aromatic carbocycles. The largest absolute Gasteiger partial charge is 0.380 e. The Morgan fingerprint density at radius 3 is 3.06 bits per heavy atom. The first-order valence-electron chi connectivity index (χ1n) is 4.96. The minimum absolute atomic E-state index is 0.337. The summed E-state index contributed by atoms with van der Waals surface area (Å²) in [7, 11) is 0. The van der Waals surface area contributed by atoms with Crippen molar-refractivity contribution >= 4 is 39.4 Å². The van der Waals surface area contributed by atoms with Gasteiger partial charge in [-0.2, -0.15) is 0 Å². The van der Waals surface area contributed by atoms with Crippen LogP contribution in [0.2, 0.25) is 5.02 Å².